The fourth-order valence-electron chi connectivity index (χ4n) is 2.20. The summed E-state index contributed by atoms with van der Waals surface area (Å²) < 4.78 is 5.30. The second kappa shape index (κ2) is 7.43. The molecule has 1 aromatic heterocycles. The highest BCUT2D eigenvalue weighted by Crippen LogP contribution is 2.19. The smallest absolute Gasteiger partial charge is 0.222 e. The van der Waals surface area contributed by atoms with Crippen LogP contribution in [-0.2, 0) is 17.8 Å². The zero-order chi connectivity index (χ0) is 15.1. The first-order valence-electron chi connectivity index (χ1n) is 6.95. The molecule has 0 saturated carbocycles. The van der Waals surface area contributed by atoms with Crippen LogP contribution in [-0.4, -0.2) is 29.9 Å². The molecule has 0 aliphatic rings. The van der Waals surface area contributed by atoms with Crippen molar-refractivity contribution < 1.29 is 9.53 Å². The van der Waals surface area contributed by atoms with Crippen molar-refractivity contribution in [2.45, 2.75) is 19.4 Å². The third kappa shape index (κ3) is 4.31. The van der Waals surface area contributed by atoms with Gasteiger partial charge in [0, 0.05) is 32.4 Å². The van der Waals surface area contributed by atoms with Crippen LogP contribution in [0.25, 0.3) is 0 Å². The fourth-order valence-corrected chi connectivity index (χ4v) is 2.20. The number of amides is 1. The van der Waals surface area contributed by atoms with Gasteiger partial charge in [-0.2, -0.15) is 0 Å². The molecule has 4 heteroatoms. The Morgan fingerprint density at radius 1 is 1.24 bits per heavy atom. The third-order valence-corrected chi connectivity index (χ3v) is 3.37. The largest absolute Gasteiger partial charge is 0.496 e. The molecular formula is C17H20N2O2. The maximum Gasteiger partial charge on any atom is 0.222 e. The predicted molar refractivity (Wildman–Crippen MR) is 82.0 cm³/mol. The Morgan fingerprint density at radius 3 is 2.76 bits per heavy atom. The minimum atomic E-state index is 0.116. The monoisotopic (exact) mass is 284 g/mol. The van der Waals surface area contributed by atoms with E-state index in [-0.39, 0.29) is 5.91 Å². The SMILES string of the molecule is COc1ccccc1CCC(=O)N(C)Cc1cccnc1. The van der Waals surface area contributed by atoms with Crippen molar-refractivity contribution in [3.05, 3.63) is 59.9 Å². The van der Waals surface area contributed by atoms with Gasteiger partial charge in [-0.3, -0.25) is 9.78 Å². The second-order valence-electron chi connectivity index (χ2n) is 4.92. The molecule has 0 aliphatic carbocycles. The highest BCUT2D eigenvalue weighted by Gasteiger charge is 2.11. The van der Waals surface area contributed by atoms with E-state index < -0.39 is 0 Å². The number of carbonyl (C=O) groups excluding carboxylic acids is 1. The molecular weight excluding hydrogens is 264 g/mol. The van der Waals surface area contributed by atoms with Crippen LogP contribution in [0.15, 0.2) is 48.8 Å². The Bertz CT molecular complexity index is 584. The number of rotatable bonds is 6. The summed E-state index contributed by atoms with van der Waals surface area (Å²) in [6, 6.07) is 11.6. The molecule has 0 spiro atoms. The lowest BCUT2D eigenvalue weighted by Gasteiger charge is -2.17. The number of ether oxygens (including phenoxy) is 1. The van der Waals surface area contributed by atoms with Crippen molar-refractivity contribution in [1.82, 2.24) is 9.88 Å². The van der Waals surface area contributed by atoms with Gasteiger partial charge in [0.15, 0.2) is 0 Å². The Morgan fingerprint density at radius 2 is 2.05 bits per heavy atom. The Kier molecular flexibility index (Phi) is 5.32. The van der Waals surface area contributed by atoms with Crippen molar-refractivity contribution in [3.8, 4) is 5.75 Å². The number of benzene rings is 1. The van der Waals surface area contributed by atoms with E-state index in [2.05, 4.69) is 4.98 Å². The van der Waals surface area contributed by atoms with E-state index in [1.807, 2.05) is 43.4 Å². The highest BCUT2D eigenvalue weighted by atomic mass is 16.5. The zero-order valence-electron chi connectivity index (χ0n) is 12.5. The van der Waals surface area contributed by atoms with Crippen LogP contribution in [0.3, 0.4) is 0 Å². The molecule has 21 heavy (non-hydrogen) atoms. The van der Waals surface area contributed by atoms with Crippen LogP contribution in [0.4, 0.5) is 0 Å². The van der Waals surface area contributed by atoms with E-state index in [4.69, 9.17) is 4.74 Å². The lowest BCUT2D eigenvalue weighted by atomic mass is 10.1. The molecule has 110 valence electrons. The number of methoxy groups -OCH3 is 1. The number of carbonyl (C=O) groups is 1. The Balaban J connectivity index is 1.89. The topological polar surface area (TPSA) is 42.4 Å². The van der Waals surface area contributed by atoms with E-state index in [0.717, 1.165) is 16.9 Å². The molecule has 1 heterocycles. The first-order chi connectivity index (χ1) is 10.2. The molecule has 0 saturated heterocycles. The van der Waals surface area contributed by atoms with Gasteiger partial charge in [0.25, 0.3) is 0 Å². The summed E-state index contributed by atoms with van der Waals surface area (Å²) in [5.41, 5.74) is 2.09. The molecule has 1 aromatic carbocycles. The summed E-state index contributed by atoms with van der Waals surface area (Å²) in [6.45, 7) is 0.582. The molecule has 0 aliphatic heterocycles. The minimum absolute atomic E-state index is 0.116. The average molecular weight is 284 g/mol. The number of pyridine rings is 1. The van der Waals surface area contributed by atoms with Gasteiger partial charge in [0.1, 0.15) is 5.75 Å². The summed E-state index contributed by atoms with van der Waals surface area (Å²) in [5, 5.41) is 0. The van der Waals surface area contributed by atoms with Crippen LogP contribution < -0.4 is 4.74 Å². The zero-order valence-corrected chi connectivity index (χ0v) is 12.5. The van der Waals surface area contributed by atoms with Crippen LogP contribution in [0.5, 0.6) is 5.75 Å². The molecule has 0 bridgehead atoms. The molecule has 0 fully saturated rings. The van der Waals surface area contributed by atoms with Gasteiger partial charge in [-0.15, -0.1) is 0 Å². The quantitative estimate of drug-likeness (QED) is 0.819. The first-order valence-corrected chi connectivity index (χ1v) is 6.95. The van der Waals surface area contributed by atoms with Crippen LogP contribution in [0.1, 0.15) is 17.5 Å². The van der Waals surface area contributed by atoms with Gasteiger partial charge in [-0.05, 0) is 29.7 Å². The molecule has 2 aromatic rings. The number of nitrogens with zero attached hydrogens (tertiary/aromatic N) is 2. The number of aryl methyl sites for hydroxylation is 1. The van der Waals surface area contributed by atoms with Crippen molar-refractivity contribution in [2.24, 2.45) is 0 Å². The number of hydrogen-bond donors (Lipinski definition) is 0. The summed E-state index contributed by atoms with van der Waals surface area (Å²) >= 11 is 0. The van der Waals surface area contributed by atoms with Crippen molar-refractivity contribution in [3.63, 3.8) is 0 Å². The highest BCUT2D eigenvalue weighted by molar-refractivity contribution is 5.76. The standard InChI is InChI=1S/C17H20N2O2/c1-19(13-14-6-5-11-18-12-14)17(20)10-9-15-7-3-4-8-16(15)21-2/h3-8,11-12H,9-10,13H2,1-2H3. The molecule has 0 radical (unpaired) electrons. The summed E-state index contributed by atoms with van der Waals surface area (Å²) in [4.78, 5) is 18.0. The lowest BCUT2D eigenvalue weighted by molar-refractivity contribution is -0.130. The molecule has 1 amide bonds. The van der Waals surface area contributed by atoms with E-state index in [0.29, 0.717) is 19.4 Å². The maximum absolute atomic E-state index is 12.2. The fraction of sp³-hybridized carbons (Fsp3) is 0.294. The number of aromatic nitrogens is 1. The van der Waals surface area contributed by atoms with E-state index in [1.54, 1.807) is 24.4 Å². The number of para-hydroxylation sites is 1. The Hall–Kier alpha value is -2.36. The van der Waals surface area contributed by atoms with Gasteiger partial charge in [-0.1, -0.05) is 24.3 Å². The lowest BCUT2D eigenvalue weighted by Crippen LogP contribution is -2.26. The van der Waals surface area contributed by atoms with E-state index in [9.17, 15) is 4.79 Å². The molecule has 0 unspecified atom stereocenters. The van der Waals surface area contributed by atoms with Gasteiger partial charge >= 0.3 is 0 Å². The van der Waals surface area contributed by atoms with E-state index >= 15 is 0 Å². The molecule has 0 atom stereocenters. The third-order valence-electron chi connectivity index (χ3n) is 3.37. The molecule has 0 N–H and O–H groups in total. The van der Waals surface area contributed by atoms with Crippen LogP contribution in [0.2, 0.25) is 0 Å². The van der Waals surface area contributed by atoms with Gasteiger partial charge in [-0.25, -0.2) is 0 Å². The second-order valence-corrected chi connectivity index (χ2v) is 4.92. The Labute approximate surface area is 125 Å². The summed E-state index contributed by atoms with van der Waals surface area (Å²) in [5.74, 6) is 0.949. The van der Waals surface area contributed by atoms with Crippen molar-refractivity contribution >= 4 is 5.91 Å². The van der Waals surface area contributed by atoms with Crippen molar-refractivity contribution in [2.75, 3.05) is 14.2 Å². The summed E-state index contributed by atoms with van der Waals surface area (Å²) in [7, 11) is 3.47. The maximum atomic E-state index is 12.2. The van der Waals surface area contributed by atoms with Crippen LogP contribution >= 0.6 is 0 Å². The molecule has 2 rings (SSSR count). The minimum Gasteiger partial charge on any atom is -0.496 e. The van der Waals surface area contributed by atoms with E-state index in [1.165, 1.54) is 0 Å². The van der Waals surface area contributed by atoms with Gasteiger partial charge in [0.05, 0.1) is 7.11 Å². The van der Waals surface area contributed by atoms with Crippen LogP contribution in [0, 0.1) is 0 Å². The normalized spacial score (nSPS) is 10.2. The number of hydrogen-bond acceptors (Lipinski definition) is 3. The van der Waals surface area contributed by atoms with Gasteiger partial charge < -0.3 is 9.64 Å². The summed E-state index contributed by atoms with van der Waals surface area (Å²) in [6.07, 6.45) is 4.66. The molecule has 4 nitrogen and oxygen atoms in total. The van der Waals surface area contributed by atoms with Crippen molar-refractivity contribution in [1.29, 1.82) is 0 Å². The first kappa shape index (κ1) is 15.0. The average Bonchev–Trinajstić information content (AvgIpc) is 2.53. The van der Waals surface area contributed by atoms with Gasteiger partial charge in [0.2, 0.25) is 5.91 Å². The predicted octanol–water partition coefficient (Wildman–Crippen LogP) is 2.68.